The maximum atomic E-state index is 5.67. The average Bonchev–Trinajstić information content (AvgIpc) is 2.88. The Labute approximate surface area is 148 Å². The molecule has 0 spiro atoms. The minimum absolute atomic E-state index is 0.545. The van der Waals surface area contributed by atoms with Gasteiger partial charge < -0.3 is 11.1 Å². The highest BCUT2D eigenvalue weighted by atomic mass is 15.3. The van der Waals surface area contributed by atoms with Gasteiger partial charge >= 0.3 is 0 Å². The van der Waals surface area contributed by atoms with Gasteiger partial charge in [0.2, 0.25) is 0 Å². The highest BCUT2D eigenvalue weighted by Crippen LogP contribution is 2.20. The molecule has 2 heterocycles. The first-order valence-electron chi connectivity index (χ1n) is 8.86. The van der Waals surface area contributed by atoms with Crippen LogP contribution in [-0.2, 0) is 19.4 Å². The highest BCUT2D eigenvalue weighted by molar-refractivity contribution is 5.88. The number of aromatic nitrogens is 4. The van der Waals surface area contributed by atoms with Gasteiger partial charge in [-0.2, -0.15) is 5.10 Å². The third-order valence-electron chi connectivity index (χ3n) is 4.52. The first kappa shape index (κ1) is 17.4. The van der Waals surface area contributed by atoms with Crippen molar-refractivity contribution in [3.8, 4) is 0 Å². The lowest BCUT2D eigenvalue weighted by Gasteiger charge is -2.11. The Morgan fingerprint density at radius 2 is 1.96 bits per heavy atom. The van der Waals surface area contributed by atoms with E-state index in [1.807, 2.05) is 24.3 Å². The second-order valence-electron chi connectivity index (χ2n) is 6.20. The fourth-order valence-corrected chi connectivity index (χ4v) is 3.24. The molecule has 3 N–H and O–H groups in total. The topological polar surface area (TPSA) is 81.7 Å². The standard InChI is InChI=1S/C19H26N6/c1-4-15-13(2)24-25(14(15)3)12-11-21-19-16-7-5-6-8-17(16)22-18(23-19)9-10-20/h5-8H,4,9-12,20H2,1-3H3,(H,21,22,23). The Hall–Kier alpha value is -2.47. The molecule has 3 rings (SSSR count). The lowest BCUT2D eigenvalue weighted by atomic mass is 10.1. The number of hydrogen-bond acceptors (Lipinski definition) is 5. The van der Waals surface area contributed by atoms with Crippen molar-refractivity contribution in [3.05, 3.63) is 47.0 Å². The SMILES string of the molecule is CCc1c(C)nn(CCNc2nc(CCN)nc3ccccc23)c1C. The van der Waals surface area contributed by atoms with Gasteiger partial charge in [0.1, 0.15) is 11.6 Å². The van der Waals surface area contributed by atoms with Gasteiger partial charge in [0, 0.05) is 24.0 Å². The average molecular weight is 338 g/mol. The van der Waals surface area contributed by atoms with Crippen LogP contribution in [0.5, 0.6) is 0 Å². The number of hydrogen-bond donors (Lipinski definition) is 2. The van der Waals surface area contributed by atoms with Crippen molar-refractivity contribution in [1.29, 1.82) is 0 Å². The van der Waals surface area contributed by atoms with Gasteiger partial charge in [-0.15, -0.1) is 0 Å². The van der Waals surface area contributed by atoms with Crippen LogP contribution in [0.1, 0.15) is 29.7 Å². The predicted molar refractivity (Wildman–Crippen MR) is 102 cm³/mol. The number of para-hydroxylation sites is 1. The third kappa shape index (κ3) is 3.64. The van der Waals surface area contributed by atoms with Crippen molar-refractivity contribution >= 4 is 16.7 Å². The van der Waals surface area contributed by atoms with E-state index in [-0.39, 0.29) is 0 Å². The van der Waals surface area contributed by atoms with E-state index in [9.17, 15) is 0 Å². The van der Waals surface area contributed by atoms with E-state index in [4.69, 9.17) is 5.73 Å². The molecule has 132 valence electrons. The van der Waals surface area contributed by atoms with Crippen molar-refractivity contribution in [3.63, 3.8) is 0 Å². The summed E-state index contributed by atoms with van der Waals surface area (Å²) in [5, 5.41) is 9.14. The zero-order chi connectivity index (χ0) is 17.8. The van der Waals surface area contributed by atoms with Gasteiger partial charge in [-0.3, -0.25) is 4.68 Å². The number of nitrogens with one attached hydrogen (secondary N) is 1. The Morgan fingerprint density at radius 1 is 1.16 bits per heavy atom. The summed E-state index contributed by atoms with van der Waals surface area (Å²) in [6, 6.07) is 8.06. The summed E-state index contributed by atoms with van der Waals surface area (Å²) in [4.78, 5) is 9.23. The molecule has 0 aliphatic heterocycles. The zero-order valence-electron chi connectivity index (χ0n) is 15.2. The summed E-state index contributed by atoms with van der Waals surface area (Å²) in [7, 11) is 0. The number of anilines is 1. The smallest absolute Gasteiger partial charge is 0.137 e. The number of nitrogens with zero attached hydrogens (tertiary/aromatic N) is 4. The van der Waals surface area contributed by atoms with Crippen LogP contribution in [0, 0.1) is 13.8 Å². The van der Waals surface area contributed by atoms with Gasteiger partial charge in [0.15, 0.2) is 0 Å². The largest absolute Gasteiger partial charge is 0.368 e. The second kappa shape index (κ2) is 7.61. The molecular formula is C19H26N6. The van der Waals surface area contributed by atoms with Crippen LogP contribution in [-0.4, -0.2) is 32.8 Å². The molecule has 6 heteroatoms. The van der Waals surface area contributed by atoms with Crippen LogP contribution in [0.25, 0.3) is 10.9 Å². The molecule has 0 radical (unpaired) electrons. The van der Waals surface area contributed by atoms with Gasteiger partial charge in [-0.05, 0) is 44.5 Å². The van der Waals surface area contributed by atoms with Crippen LogP contribution < -0.4 is 11.1 Å². The Balaban J connectivity index is 1.79. The zero-order valence-corrected chi connectivity index (χ0v) is 15.2. The molecule has 0 unspecified atom stereocenters. The molecule has 0 aliphatic carbocycles. The van der Waals surface area contributed by atoms with Crippen molar-refractivity contribution in [2.75, 3.05) is 18.4 Å². The molecular weight excluding hydrogens is 312 g/mol. The summed E-state index contributed by atoms with van der Waals surface area (Å²) in [5.74, 6) is 1.65. The van der Waals surface area contributed by atoms with E-state index in [2.05, 4.69) is 45.8 Å². The van der Waals surface area contributed by atoms with E-state index in [0.29, 0.717) is 13.0 Å². The molecule has 6 nitrogen and oxygen atoms in total. The molecule has 25 heavy (non-hydrogen) atoms. The molecule has 0 aliphatic rings. The third-order valence-corrected chi connectivity index (χ3v) is 4.52. The molecule has 3 aromatic rings. The number of aryl methyl sites for hydroxylation is 1. The fraction of sp³-hybridized carbons (Fsp3) is 0.421. The van der Waals surface area contributed by atoms with E-state index in [1.165, 1.54) is 11.3 Å². The molecule has 0 atom stereocenters. The molecule has 2 aromatic heterocycles. The van der Waals surface area contributed by atoms with E-state index < -0.39 is 0 Å². The van der Waals surface area contributed by atoms with Crippen molar-refractivity contribution in [1.82, 2.24) is 19.7 Å². The first-order valence-corrected chi connectivity index (χ1v) is 8.86. The van der Waals surface area contributed by atoms with Gasteiger partial charge in [-0.25, -0.2) is 9.97 Å². The maximum Gasteiger partial charge on any atom is 0.137 e. The Kier molecular flexibility index (Phi) is 5.28. The van der Waals surface area contributed by atoms with Crippen LogP contribution in [0.15, 0.2) is 24.3 Å². The number of nitrogens with two attached hydrogens (primary N) is 1. The Bertz CT molecular complexity index is 868. The minimum atomic E-state index is 0.545. The minimum Gasteiger partial charge on any atom is -0.368 e. The lowest BCUT2D eigenvalue weighted by Crippen LogP contribution is -2.15. The van der Waals surface area contributed by atoms with Gasteiger partial charge in [-0.1, -0.05) is 19.1 Å². The monoisotopic (exact) mass is 338 g/mol. The van der Waals surface area contributed by atoms with Gasteiger partial charge in [0.05, 0.1) is 17.8 Å². The second-order valence-corrected chi connectivity index (χ2v) is 6.20. The normalized spacial score (nSPS) is 11.2. The first-order chi connectivity index (χ1) is 12.1. The van der Waals surface area contributed by atoms with Crippen LogP contribution >= 0.6 is 0 Å². The molecule has 0 fully saturated rings. The highest BCUT2D eigenvalue weighted by Gasteiger charge is 2.10. The number of fused-ring (bicyclic) bond motifs is 1. The van der Waals surface area contributed by atoms with Crippen molar-refractivity contribution < 1.29 is 0 Å². The molecule has 0 saturated heterocycles. The van der Waals surface area contributed by atoms with E-state index in [1.54, 1.807) is 0 Å². The number of benzene rings is 1. The van der Waals surface area contributed by atoms with Gasteiger partial charge in [0.25, 0.3) is 0 Å². The van der Waals surface area contributed by atoms with Crippen LogP contribution in [0.3, 0.4) is 0 Å². The van der Waals surface area contributed by atoms with Crippen LogP contribution in [0.2, 0.25) is 0 Å². The summed E-state index contributed by atoms with van der Waals surface area (Å²) < 4.78 is 2.07. The summed E-state index contributed by atoms with van der Waals surface area (Å²) in [6.45, 7) is 8.49. The summed E-state index contributed by atoms with van der Waals surface area (Å²) >= 11 is 0. The fourth-order valence-electron chi connectivity index (χ4n) is 3.24. The maximum absolute atomic E-state index is 5.67. The summed E-state index contributed by atoms with van der Waals surface area (Å²) in [5.41, 5.74) is 10.3. The van der Waals surface area contributed by atoms with Crippen molar-refractivity contribution in [2.45, 2.75) is 40.2 Å². The molecule has 1 aromatic carbocycles. The van der Waals surface area contributed by atoms with Crippen LogP contribution in [0.4, 0.5) is 5.82 Å². The number of rotatable bonds is 7. The molecule has 0 bridgehead atoms. The summed E-state index contributed by atoms with van der Waals surface area (Å²) in [6.07, 6.45) is 1.70. The van der Waals surface area contributed by atoms with Crippen molar-refractivity contribution in [2.24, 2.45) is 5.73 Å². The van der Waals surface area contributed by atoms with E-state index >= 15 is 0 Å². The lowest BCUT2D eigenvalue weighted by molar-refractivity contribution is 0.613. The predicted octanol–water partition coefficient (Wildman–Crippen LogP) is 2.62. The Morgan fingerprint density at radius 3 is 2.68 bits per heavy atom. The molecule has 0 amide bonds. The quantitative estimate of drug-likeness (QED) is 0.692. The van der Waals surface area contributed by atoms with E-state index in [0.717, 1.165) is 47.7 Å². The molecule has 0 saturated carbocycles.